The van der Waals surface area contributed by atoms with Gasteiger partial charge >= 0.3 is 5.97 Å². The molecule has 25 heavy (non-hydrogen) atoms. The number of halogens is 1. The third-order valence-corrected chi connectivity index (χ3v) is 4.09. The number of carbonyl (C=O) groups excluding carboxylic acids is 2. The number of hydrogen-bond donors (Lipinski definition) is 1. The van der Waals surface area contributed by atoms with Gasteiger partial charge < -0.3 is 19.5 Å². The zero-order valence-corrected chi connectivity index (χ0v) is 15.7. The Morgan fingerprint density at radius 3 is 2.20 bits per heavy atom. The number of methoxy groups -OCH3 is 2. The summed E-state index contributed by atoms with van der Waals surface area (Å²) in [7, 11) is 3.09. The average molecular weight is 408 g/mol. The Morgan fingerprint density at radius 1 is 1.04 bits per heavy atom. The third kappa shape index (κ3) is 4.96. The van der Waals surface area contributed by atoms with Crippen LogP contribution < -0.4 is 14.8 Å². The van der Waals surface area contributed by atoms with Crippen LogP contribution in [0.15, 0.2) is 40.9 Å². The molecule has 0 aliphatic heterocycles. The van der Waals surface area contributed by atoms with Gasteiger partial charge in [0.15, 0.2) is 11.5 Å². The number of ether oxygens (including phenoxy) is 3. The smallest absolute Gasteiger partial charge is 0.338 e. The maximum absolute atomic E-state index is 12.2. The zero-order chi connectivity index (χ0) is 18.4. The lowest BCUT2D eigenvalue weighted by Gasteiger charge is -2.12. The molecule has 1 amide bonds. The van der Waals surface area contributed by atoms with Gasteiger partial charge in [-0.1, -0.05) is 15.9 Å². The van der Waals surface area contributed by atoms with Crippen LogP contribution in [0.25, 0.3) is 0 Å². The van der Waals surface area contributed by atoms with Crippen molar-refractivity contribution in [3.63, 3.8) is 0 Å². The van der Waals surface area contributed by atoms with Crippen LogP contribution in [-0.2, 0) is 16.1 Å². The van der Waals surface area contributed by atoms with E-state index >= 15 is 0 Å². The molecule has 2 aromatic carbocycles. The molecular formula is C18H18BrNO5. The van der Waals surface area contributed by atoms with Gasteiger partial charge in [0.2, 0.25) is 5.91 Å². The molecule has 0 atom stereocenters. The average Bonchev–Trinajstić information content (AvgIpc) is 2.60. The summed E-state index contributed by atoms with van der Waals surface area (Å²) in [6.45, 7) is 1.50. The van der Waals surface area contributed by atoms with Crippen molar-refractivity contribution in [1.82, 2.24) is 0 Å². The van der Waals surface area contributed by atoms with E-state index in [1.165, 1.54) is 14.0 Å². The summed E-state index contributed by atoms with van der Waals surface area (Å²) in [5.74, 6) is 0.499. The lowest BCUT2D eigenvalue weighted by atomic mass is 10.2. The Balaban J connectivity index is 2.05. The number of esters is 1. The largest absolute Gasteiger partial charge is 0.493 e. The molecule has 132 valence electrons. The fourth-order valence-corrected chi connectivity index (χ4v) is 2.56. The molecular weight excluding hydrogens is 390 g/mol. The van der Waals surface area contributed by atoms with Crippen LogP contribution in [0.5, 0.6) is 11.5 Å². The highest BCUT2D eigenvalue weighted by molar-refractivity contribution is 9.10. The SMILES string of the molecule is COc1cc(Br)c(COC(=O)c2ccc(NC(C)=O)cc2)cc1OC. The van der Waals surface area contributed by atoms with Crippen LogP contribution in [0, 0.1) is 0 Å². The summed E-state index contributed by atoms with van der Waals surface area (Å²) < 4.78 is 16.5. The van der Waals surface area contributed by atoms with Crippen LogP contribution >= 0.6 is 15.9 Å². The molecule has 2 aromatic rings. The van der Waals surface area contributed by atoms with Crippen molar-refractivity contribution in [1.29, 1.82) is 0 Å². The molecule has 0 bridgehead atoms. The minimum absolute atomic E-state index is 0.0766. The molecule has 0 aliphatic rings. The maximum atomic E-state index is 12.2. The van der Waals surface area contributed by atoms with E-state index < -0.39 is 5.97 Å². The second-order valence-corrected chi connectivity index (χ2v) is 5.99. The van der Waals surface area contributed by atoms with Gasteiger partial charge in [-0.2, -0.15) is 0 Å². The maximum Gasteiger partial charge on any atom is 0.338 e. The van der Waals surface area contributed by atoms with Gasteiger partial charge in [0, 0.05) is 22.6 Å². The minimum Gasteiger partial charge on any atom is -0.493 e. The summed E-state index contributed by atoms with van der Waals surface area (Å²) in [5, 5.41) is 2.64. The standard InChI is InChI=1S/C18H18BrNO5/c1-11(21)20-14-6-4-12(5-7-14)18(22)25-10-13-8-16(23-2)17(24-3)9-15(13)19/h4-9H,10H2,1-3H3,(H,20,21). The first kappa shape index (κ1) is 18.8. The monoisotopic (exact) mass is 407 g/mol. The van der Waals surface area contributed by atoms with E-state index in [0.717, 1.165) is 10.0 Å². The van der Waals surface area contributed by atoms with Crippen LogP contribution in [-0.4, -0.2) is 26.1 Å². The Bertz CT molecular complexity index is 774. The molecule has 2 rings (SSSR count). The number of rotatable bonds is 6. The number of benzene rings is 2. The first-order valence-electron chi connectivity index (χ1n) is 7.39. The first-order valence-corrected chi connectivity index (χ1v) is 8.19. The van der Waals surface area contributed by atoms with E-state index in [9.17, 15) is 9.59 Å². The molecule has 0 spiro atoms. The van der Waals surface area contributed by atoms with Crippen molar-refractivity contribution in [3.05, 3.63) is 52.0 Å². The topological polar surface area (TPSA) is 73.9 Å². The van der Waals surface area contributed by atoms with Crippen molar-refractivity contribution >= 4 is 33.5 Å². The second kappa shape index (κ2) is 8.53. The van der Waals surface area contributed by atoms with E-state index in [4.69, 9.17) is 14.2 Å². The summed E-state index contributed by atoms with van der Waals surface area (Å²) in [6.07, 6.45) is 0. The van der Waals surface area contributed by atoms with E-state index in [1.54, 1.807) is 43.5 Å². The van der Waals surface area contributed by atoms with E-state index in [0.29, 0.717) is 22.7 Å². The fourth-order valence-electron chi connectivity index (χ4n) is 2.13. The first-order chi connectivity index (χ1) is 11.9. The van der Waals surface area contributed by atoms with E-state index in [-0.39, 0.29) is 12.5 Å². The van der Waals surface area contributed by atoms with Crippen molar-refractivity contribution < 1.29 is 23.8 Å². The van der Waals surface area contributed by atoms with Gasteiger partial charge in [0.05, 0.1) is 19.8 Å². The molecule has 0 heterocycles. The second-order valence-electron chi connectivity index (χ2n) is 5.13. The van der Waals surface area contributed by atoms with E-state index in [1.807, 2.05) is 0 Å². The predicted molar refractivity (Wildman–Crippen MR) is 97.1 cm³/mol. The number of carbonyl (C=O) groups is 2. The molecule has 0 saturated heterocycles. The van der Waals surface area contributed by atoms with Gasteiger partial charge in [0.1, 0.15) is 6.61 Å². The van der Waals surface area contributed by atoms with Gasteiger partial charge in [-0.3, -0.25) is 4.79 Å². The highest BCUT2D eigenvalue weighted by Gasteiger charge is 2.13. The molecule has 0 fully saturated rings. The summed E-state index contributed by atoms with van der Waals surface area (Å²) >= 11 is 3.42. The molecule has 0 radical (unpaired) electrons. The van der Waals surface area contributed by atoms with Crippen LogP contribution in [0.1, 0.15) is 22.8 Å². The molecule has 6 nitrogen and oxygen atoms in total. The van der Waals surface area contributed by atoms with Crippen molar-refractivity contribution in [2.75, 3.05) is 19.5 Å². The van der Waals surface area contributed by atoms with Crippen LogP contribution in [0.3, 0.4) is 0 Å². The fraction of sp³-hybridized carbons (Fsp3) is 0.222. The number of nitrogens with one attached hydrogen (secondary N) is 1. The summed E-state index contributed by atoms with van der Waals surface area (Å²) in [6, 6.07) is 9.98. The minimum atomic E-state index is -0.462. The predicted octanol–water partition coefficient (Wildman–Crippen LogP) is 3.78. The van der Waals surface area contributed by atoms with Crippen LogP contribution in [0.4, 0.5) is 5.69 Å². The summed E-state index contributed by atoms with van der Waals surface area (Å²) in [4.78, 5) is 23.2. The summed E-state index contributed by atoms with van der Waals surface area (Å²) in [5.41, 5.74) is 1.76. The molecule has 1 N–H and O–H groups in total. The van der Waals surface area contributed by atoms with Gasteiger partial charge in [0.25, 0.3) is 0 Å². The normalized spacial score (nSPS) is 10.1. The lowest BCUT2D eigenvalue weighted by Crippen LogP contribution is -2.08. The number of amides is 1. The molecule has 7 heteroatoms. The number of hydrogen-bond acceptors (Lipinski definition) is 5. The van der Waals surface area contributed by atoms with Crippen molar-refractivity contribution in [3.8, 4) is 11.5 Å². The highest BCUT2D eigenvalue weighted by Crippen LogP contribution is 2.33. The van der Waals surface area contributed by atoms with Gasteiger partial charge in [-0.25, -0.2) is 4.79 Å². The number of anilines is 1. The quantitative estimate of drug-likeness (QED) is 0.737. The molecule has 0 saturated carbocycles. The Morgan fingerprint density at radius 2 is 1.64 bits per heavy atom. The zero-order valence-electron chi connectivity index (χ0n) is 14.1. The third-order valence-electron chi connectivity index (χ3n) is 3.35. The molecule has 0 aromatic heterocycles. The van der Waals surface area contributed by atoms with Crippen LogP contribution in [0.2, 0.25) is 0 Å². The highest BCUT2D eigenvalue weighted by atomic mass is 79.9. The van der Waals surface area contributed by atoms with Crippen molar-refractivity contribution in [2.45, 2.75) is 13.5 Å². The molecule has 0 unspecified atom stereocenters. The Labute approximate surface area is 154 Å². The Kier molecular flexibility index (Phi) is 6.41. The van der Waals surface area contributed by atoms with Gasteiger partial charge in [-0.05, 0) is 36.4 Å². The Hall–Kier alpha value is -2.54. The van der Waals surface area contributed by atoms with Crippen molar-refractivity contribution in [2.24, 2.45) is 0 Å². The van der Waals surface area contributed by atoms with Gasteiger partial charge in [-0.15, -0.1) is 0 Å². The van der Waals surface area contributed by atoms with E-state index in [2.05, 4.69) is 21.2 Å². The lowest BCUT2D eigenvalue weighted by molar-refractivity contribution is -0.114. The molecule has 0 aliphatic carbocycles.